The van der Waals surface area contributed by atoms with Crippen molar-refractivity contribution in [2.24, 2.45) is 0 Å². The molecule has 0 aliphatic rings. The number of anilines is 1. The van der Waals surface area contributed by atoms with Crippen LogP contribution in [0.4, 0.5) is 15.3 Å². The minimum Gasteiger partial charge on any atom is -0.444 e. The van der Waals surface area contributed by atoms with Crippen molar-refractivity contribution in [1.82, 2.24) is 20.9 Å². The van der Waals surface area contributed by atoms with E-state index in [-0.39, 0.29) is 11.9 Å². The Morgan fingerprint density at radius 1 is 0.971 bits per heavy atom. The number of rotatable bonds is 12. The molecule has 9 nitrogen and oxygen atoms in total. The molecule has 0 atom stereocenters. The number of hydrogen-bond acceptors (Lipinski definition) is 6. The van der Waals surface area contributed by atoms with E-state index in [1.54, 1.807) is 35.6 Å². The highest BCUT2D eigenvalue weighted by Gasteiger charge is 2.15. The largest absolute Gasteiger partial charge is 0.444 e. The van der Waals surface area contributed by atoms with Gasteiger partial charge in [-0.05, 0) is 83.4 Å². The Hall–Kier alpha value is -3.11. The predicted molar refractivity (Wildman–Crippen MR) is 140 cm³/mol. The maximum atomic E-state index is 12.4. The first-order valence-corrected chi connectivity index (χ1v) is 12.6. The molecular formula is C25H37N5O4S. The van der Waals surface area contributed by atoms with Crippen molar-refractivity contribution in [3.05, 3.63) is 52.2 Å². The van der Waals surface area contributed by atoms with E-state index in [2.05, 4.69) is 26.2 Å². The molecule has 0 radical (unpaired) electrons. The highest BCUT2D eigenvalue weighted by Crippen LogP contribution is 2.12. The van der Waals surface area contributed by atoms with Crippen LogP contribution in [0.3, 0.4) is 0 Å². The van der Waals surface area contributed by atoms with Gasteiger partial charge >= 0.3 is 12.1 Å². The number of carbonyl (C=O) groups excluding carboxylic acids is 3. The lowest BCUT2D eigenvalue weighted by Crippen LogP contribution is -2.34. The third-order valence-electron chi connectivity index (χ3n) is 4.77. The quantitative estimate of drug-likeness (QED) is 0.327. The van der Waals surface area contributed by atoms with E-state index in [4.69, 9.17) is 4.74 Å². The van der Waals surface area contributed by atoms with Crippen molar-refractivity contribution in [2.45, 2.75) is 45.8 Å². The molecule has 10 heteroatoms. The number of nitrogens with zero attached hydrogens (tertiary/aromatic N) is 1. The van der Waals surface area contributed by atoms with Crippen LogP contribution in [-0.4, -0.2) is 61.8 Å². The third kappa shape index (κ3) is 12.2. The molecule has 0 fully saturated rings. The Kier molecular flexibility index (Phi) is 11.5. The third-order valence-corrected chi connectivity index (χ3v) is 5.65. The number of ether oxygens (including phenoxy) is 1. The highest BCUT2D eigenvalue weighted by molar-refractivity contribution is 7.09. The molecule has 1 heterocycles. The lowest BCUT2D eigenvalue weighted by Gasteiger charge is -2.20. The zero-order valence-electron chi connectivity index (χ0n) is 21.0. The van der Waals surface area contributed by atoms with Crippen LogP contribution in [0.2, 0.25) is 0 Å². The molecule has 0 saturated heterocycles. The Bertz CT molecular complexity index is 944. The van der Waals surface area contributed by atoms with Crippen molar-refractivity contribution in [3.63, 3.8) is 0 Å². The molecule has 0 aliphatic carbocycles. The number of alkyl carbamates (subject to hydrolysis) is 1. The monoisotopic (exact) mass is 503 g/mol. The SMILES string of the molecule is CN(CCCNC(=O)Nc1cccc(C(=O)NCc2cccs2)c1)CCCNC(=O)OC(C)(C)C. The topological polar surface area (TPSA) is 112 Å². The normalized spacial score (nSPS) is 11.1. The molecular weight excluding hydrogens is 466 g/mol. The molecule has 0 unspecified atom stereocenters. The summed E-state index contributed by atoms with van der Waals surface area (Å²) in [4.78, 5) is 39.4. The molecule has 4 amide bonds. The molecule has 35 heavy (non-hydrogen) atoms. The van der Waals surface area contributed by atoms with Crippen molar-refractivity contribution >= 4 is 35.1 Å². The van der Waals surface area contributed by atoms with Gasteiger partial charge in [-0.15, -0.1) is 11.3 Å². The summed E-state index contributed by atoms with van der Waals surface area (Å²) in [6.07, 6.45) is 1.19. The van der Waals surface area contributed by atoms with Crippen molar-refractivity contribution in [2.75, 3.05) is 38.5 Å². The summed E-state index contributed by atoms with van der Waals surface area (Å²) in [7, 11) is 2.00. The van der Waals surface area contributed by atoms with Gasteiger partial charge in [-0.1, -0.05) is 12.1 Å². The Balaban J connectivity index is 1.59. The number of nitrogens with one attached hydrogen (secondary N) is 4. The van der Waals surface area contributed by atoms with Crippen LogP contribution in [0, 0.1) is 0 Å². The molecule has 0 aliphatic heterocycles. The first-order chi connectivity index (χ1) is 16.6. The highest BCUT2D eigenvalue weighted by atomic mass is 32.1. The van der Waals surface area contributed by atoms with Crippen LogP contribution in [0.25, 0.3) is 0 Å². The van der Waals surface area contributed by atoms with Crippen LogP contribution >= 0.6 is 11.3 Å². The molecule has 0 saturated carbocycles. The van der Waals surface area contributed by atoms with Crippen LogP contribution in [0.1, 0.15) is 48.8 Å². The predicted octanol–water partition coefficient (Wildman–Crippen LogP) is 4.04. The number of amides is 4. The first-order valence-electron chi connectivity index (χ1n) is 11.7. The average Bonchev–Trinajstić information content (AvgIpc) is 3.31. The van der Waals surface area contributed by atoms with E-state index in [1.165, 1.54) is 0 Å². The van der Waals surface area contributed by atoms with E-state index < -0.39 is 11.7 Å². The van der Waals surface area contributed by atoms with E-state index in [0.29, 0.717) is 30.9 Å². The smallest absolute Gasteiger partial charge is 0.407 e. The van der Waals surface area contributed by atoms with Crippen molar-refractivity contribution in [1.29, 1.82) is 0 Å². The number of urea groups is 1. The van der Waals surface area contributed by atoms with Gasteiger partial charge in [0.1, 0.15) is 5.60 Å². The standard InChI is InChI=1S/C25H37N5O4S/c1-25(2,3)34-24(33)27-13-8-15-30(4)14-7-12-26-23(32)29-20-10-5-9-19(17-20)22(31)28-18-21-11-6-16-35-21/h5-6,9-11,16-17H,7-8,12-15,18H2,1-4H3,(H,27,33)(H,28,31)(H2,26,29,32). The second-order valence-electron chi connectivity index (χ2n) is 9.16. The second-order valence-corrected chi connectivity index (χ2v) is 10.2. The second kappa shape index (κ2) is 14.3. The Morgan fingerprint density at radius 3 is 2.34 bits per heavy atom. The van der Waals surface area contributed by atoms with Crippen molar-refractivity contribution < 1.29 is 19.1 Å². The van der Waals surface area contributed by atoms with E-state index in [0.717, 1.165) is 30.8 Å². The van der Waals surface area contributed by atoms with Gasteiger partial charge in [0.15, 0.2) is 0 Å². The number of benzene rings is 1. The van der Waals surface area contributed by atoms with Gasteiger partial charge in [-0.2, -0.15) is 0 Å². The summed E-state index contributed by atoms with van der Waals surface area (Å²) in [5, 5.41) is 13.2. The molecule has 4 N–H and O–H groups in total. The summed E-state index contributed by atoms with van der Waals surface area (Å²) < 4.78 is 5.20. The minimum atomic E-state index is -0.498. The van der Waals surface area contributed by atoms with Gasteiger partial charge in [0.2, 0.25) is 0 Å². The van der Waals surface area contributed by atoms with Crippen LogP contribution in [0.5, 0.6) is 0 Å². The fourth-order valence-electron chi connectivity index (χ4n) is 3.11. The lowest BCUT2D eigenvalue weighted by molar-refractivity contribution is 0.0525. The average molecular weight is 504 g/mol. The molecule has 192 valence electrons. The summed E-state index contributed by atoms with van der Waals surface area (Å²) in [5.74, 6) is -0.188. The van der Waals surface area contributed by atoms with Gasteiger partial charge in [0, 0.05) is 29.2 Å². The fourth-order valence-corrected chi connectivity index (χ4v) is 3.76. The van der Waals surface area contributed by atoms with E-state index in [1.807, 2.05) is 45.3 Å². The van der Waals surface area contributed by atoms with Gasteiger partial charge in [0.25, 0.3) is 5.91 Å². The maximum Gasteiger partial charge on any atom is 0.407 e. The zero-order chi connectivity index (χ0) is 25.7. The summed E-state index contributed by atoms with van der Waals surface area (Å²) in [5.41, 5.74) is 0.546. The molecule has 0 bridgehead atoms. The van der Waals surface area contributed by atoms with Crippen LogP contribution < -0.4 is 21.3 Å². The number of carbonyl (C=O) groups is 3. The van der Waals surface area contributed by atoms with Gasteiger partial charge in [0.05, 0.1) is 6.54 Å². The lowest BCUT2D eigenvalue weighted by atomic mass is 10.2. The number of thiophene rings is 1. The molecule has 1 aromatic carbocycles. The minimum absolute atomic E-state index is 0.188. The van der Waals surface area contributed by atoms with E-state index >= 15 is 0 Å². The first kappa shape index (κ1) is 28.1. The van der Waals surface area contributed by atoms with Gasteiger partial charge in [-0.25, -0.2) is 9.59 Å². The zero-order valence-corrected chi connectivity index (χ0v) is 21.8. The molecule has 0 spiro atoms. The summed E-state index contributed by atoms with van der Waals surface area (Å²) in [6, 6.07) is 10.4. The van der Waals surface area contributed by atoms with E-state index in [9.17, 15) is 14.4 Å². The van der Waals surface area contributed by atoms with Crippen LogP contribution in [-0.2, 0) is 11.3 Å². The number of hydrogen-bond donors (Lipinski definition) is 4. The van der Waals surface area contributed by atoms with Gasteiger partial charge < -0.3 is 30.9 Å². The fraction of sp³-hybridized carbons (Fsp3) is 0.480. The molecule has 2 aromatic rings. The summed E-state index contributed by atoms with van der Waals surface area (Å²) in [6.45, 7) is 8.67. The Morgan fingerprint density at radius 2 is 1.69 bits per heavy atom. The molecule has 2 rings (SSSR count). The van der Waals surface area contributed by atoms with Crippen LogP contribution in [0.15, 0.2) is 41.8 Å². The van der Waals surface area contributed by atoms with Gasteiger partial charge in [-0.3, -0.25) is 4.79 Å². The van der Waals surface area contributed by atoms with Crippen molar-refractivity contribution in [3.8, 4) is 0 Å². The Labute approximate surface area is 211 Å². The summed E-state index contributed by atoms with van der Waals surface area (Å²) >= 11 is 1.59. The molecule has 1 aromatic heterocycles. The maximum absolute atomic E-state index is 12.4.